The van der Waals surface area contributed by atoms with Crippen molar-refractivity contribution in [3.8, 4) is 0 Å². The van der Waals surface area contributed by atoms with Crippen molar-refractivity contribution in [3.05, 3.63) is 69.2 Å². The highest BCUT2D eigenvalue weighted by Gasteiger charge is 2.15. The Labute approximate surface area is 130 Å². The third kappa shape index (κ3) is 3.58. The van der Waals surface area contributed by atoms with Crippen molar-refractivity contribution < 1.29 is 9.18 Å². The molecule has 0 spiro atoms. The van der Waals surface area contributed by atoms with Gasteiger partial charge in [-0.2, -0.15) is 0 Å². The Morgan fingerprint density at radius 2 is 1.85 bits per heavy atom. The molecule has 104 valence electrons. The number of benzene rings is 2. The molecule has 2 aromatic rings. The summed E-state index contributed by atoms with van der Waals surface area (Å²) in [4.78, 5) is 11.9. The molecule has 0 aliphatic rings. The summed E-state index contributed by atoms with van der Waals surface area (Å²) < 4.78 is 14.7. The minimum atomic E-state index is -1.34. The van der Waals surface area contributed by atoms with Crippen LogP contribution in [-0.4, -0.2) is 12.5 Å². The molecule has 0 aliphatic carbocycles. The van der Waals surface area contributed by atoms with Gasteiger partial charge in [-0.3, -0.25) is 4.79 Å². The lowest BCUT2D eigenvalue weighted by Crippen LogP contribution is -2.27. The number of carbonyl (C=O) groups is 1. The molecule has 0 fully saturated rings. The first-order valence-corrected chi connectivity index (χ1v) is 7.18. The van der Waals surface area contributed by atoms with Crippen molar-refractivity contribution >= 4 is 33.4 Å². The van der Waals surface area contributed by atoms with Gasteiger partial charge in [-0.15, -0.1) is 0 Å². The SMILES string of the molecule is O=C(NC[C@H](F)c1ccccc1Cl)c1ccccc1Br. The summed E-state index contributed by atoms with van der Waals surface area (Å²) in [5.74, 6) is -0.327. The molecule has 1 N–H and O–H groups in total. The van der Waals surface area contributed by atoms with Crippen LogP contribution in [0, 0.1) is 0 Å². The zero-order chi connectivity index (χ0) is 14.5. The molecule has 2 aromatic carbocycles. The quantitative estimate of drug-likeness (QED) is 0.856. The van der Waals surface area contributed by atoms with E-state index in [0.29, 0.717) is 20.6 Å². The van der Waals surface area contributed by atoms with Crippen molar-refractivity contribution in [2.24, 2.45) is 0 Å². The summed E-state index contributed by atoms with van der Waals surface area (Å²) in [6.07, 6.45) is -1.34. The minimum Gasteiger partial charge on any atom is -0.349 e. The van der Waals surface area contributed by atoms with E-state index in [1.807, 2.05) is 6.07 Å². The third-order valence-electron chi connectivity index (χ3n) is 2.80. The number of hydrogen-bond acceptors (Lipinski definition) is 1. The van der Waals surface area contributed by atoms with Crippen LogP contribution in [0.5, 0.6) is 0 Å². The standard InChI is InChI=1S/C15H12BrClFNO/c16-12-7-3-1-5-10(12)15(20)19-9-14(18)11-6-2-4-8-13(11)17/h1-8,14H,9H2,(H,19,20)/t14-/m0/s1. The maximum absolute atomic E-state index is 14.1. The summed E-state index contributed by atoms with van der Waals surface area (Å²) >= 11 is 9.20. The number of alkyl halides is 1. The molecule has 1 atom stereocenters. The zero-order valence-corrected chi connectivity index (χ0v) is 12.8. The van der Waals surface area contributed by atoms with E-state index in [-0.39, 0.29) is 12.5 Å². The van der Waals surface area contributed by atoms with Crippen LogP contribution in [-0.2, 0) is 0 Å². The smallest absolute Gasteiger partial charge is 0.252 e. The first-order chi connectivity index (χ1) is 9.59. The summed E-state index contributed by atoms with van der Waals surface area (Å²) in [6.45, 7) is -0.121. The molecule has 2 nitrogen and oxygen atoms in total. The van der Waals surface area contributed by atoms with Gasteiger partial charge in [0.25, 0.3) is 5.91 Å². The van der Waals surface area contributed by atoms with Crippen LogP contribution in [0.25, 0.3) is 0 Å². The molecule has 2 rings (SSSR count). The van der Waals surface area contributed by atoms with Gasteiger partial charge in [-0.1, -0.05) is 41.9 Å². The molecule has 0 heterocycles. The lowest BCUT2D eigenvalue weighted by Gasteiger charge is -2.12. The normalized spacial score (nSPS) is 11.9. The van der Waals surface area contributed by atoms with Crippen LogP contribution in [0.15, 0.2) is 53.0 Å². The second kappa shape index (κ2) is 6.86. The van der Waals surface area contributed by atoms with E-state index in [1.54, 1.807) is 42.5 Å². The second-order valence-electron chi connectivity index (χ2n) is 4.18. The van der Waals surface area contributed by atoms with Crippen LogP contribution < -0.4 is 5.32 Å². The molecule has 0 aliphatic heterocycles. The highest BCUT2D eigenvalue weighted by atomic mass is 79.9. The summed E-state index contributed by atoms with van der Waals surface area (Å²) in [6, 6.07) is 13.7. The predicted molar refractivity (Wildman–Crippen MR) is 81.8 cm³/mol. The lowest BCUT2D eigenvalue weighted by molar-refractivity contribution is 0.0941. The molecule has 0 aromatic heterocycles. The highest BCUT2D eigenvalue weighted by molar-refractivity contribution is 9.10. The van der Waals surface area contributed by atoms with Crippen LogP contribution >= 0.6 is 27.5 Å². The second-order valence-corrected chi connectivity index (χ2v) is 5.44. The topological polar surface area (TPSA) is 29.1 Å². The molecular weight excluding hydrogens is 345 g/mol. The molecule has 0 saturated carbocycles. The Kier molecular flexibility index (Phi) is 5.15. The van der Waals surface area contributed by atoms with Gasteiger partial charge < -0.3 is 5.32 Å². The van der Waals surface area contributed by atoms with Crippen LogP contribution in [0.4, 0.5) is 4.39 Å². The van der Waals surface area contributed by atoms with Crippen molar-refractivity contribution in [2.45, 2.75) is 6.17 Å². The molecule has 0 radical (unpaired) electrons. The monoisotopic (exact) mass is 355 g/mol. The van der Waals surface area contributed by atoms with Crippen molar-refractivity contribution in [2.75, 3.05) is 6.54 Å². The minimum absolute atomic E-state index is 0.121. The van der Waals surface area contributed by atoms with E-state index in [4.69, 9.17) is 11.6 Å². The van der Waals surface area contributed by atoms with Crippen LogP contribution in [0.1, 0.15) is 22.1 Å². The van der Waals surface area contributed by atoms with Gasteiger partial charge in [0.05, 0.1) is 12.1 Å². The summed E-state index contributed by atoms with van der Waals surface area (Å²) in [5, 5.41) is 2.92. The Morgan fingerprint density at radius 3 is 2.55 bits per heavy atom. The summed E-state index contributed by atoms with van der Waals surface area (Å²) in [7, 11) is 0. The number of nitrogens with one attached hydrogen (secondary N) is 1. The van der Waals surface area contributed by atoms with Crippen LogP contribution in [0.3, 0.4) is 0 Å². The number of carbonyl (C=O) groups excluding carboxylic acids is 1. The highest BCUT2D eigenvalue weighted by Crippen LogP contribution is 2.25. The van der Waals surface area contributed by atoms with E-state index in [1.165, 1.54) is 0 Å². The number of hydrogen-bond donors (Lipinski definition) is 1. The fraction of sp³-hybridized carbons (Fsp3) is 0.133. The zero-order valence-electron chi connectivity index (χ0n) is 10.4. The van der Waals surface area contributed by atoms with Crippen LogP contribution in [0.2, 0.25) is 5.02 Å². The molecular formula is C15H12BrClFNO. The first kappa shape index (κ1) is 15.0. The van der Waals surface area contributed by atoms with E-state index < -0.39 is 6.17 Å². The third-order valence-corrected chi connectivity index (χ3v) is 3.84. The molecule has 0 unspecified atom stereocenters. The average Bonchev–Trinajstić information content (AvgIpc) is 2.45. The van der Waals surface area contributed by atoms with Gasteiger partial charge >= 0.3 is 0 Å². The van der Waals surface area contributed by atoms with Gasteiger partial charge in [-0.05, 0) is 34.1 Å². The Morgan fingerprint density at radius 1 is 1.20 bits per heavy atom. The van der Waals surface area contributed by atoms with E-state index in [2.05, 4.69) is 21.2 Å². The van der Waals surface area contributed by atoms with Gasteiger partial charge in [0.2, 0.25) is 0 Å². The number of amides is 1. The Hall–Kier alpha value is -1.39. The van der Waals surface area contributed by atoms with E-state index in [9.17, 15) is 9.18 Å². The van der Waals surface area contributed by atoms with Crippen molar-refractivity contribution in [3.63, 3.8) is 0 Å². The van der Waals surface area contributed by atoms with Gasteiger partial charge in [0.1, 0.15) is 6.17 Å². The molecule has 0 saturated heterocycles. The Bertz CT molecular complexity index is 620. The molecule has 20 heavy (non-hydrogen) atoms. The number of rotatable bonds is 4. The van der Waals surface area contributed by atoms with Crippen molar-refractivity contribution in [1.82, 2.24) is 5.32 Å². The maximum Gasteiger partial charge on any atom is 0.252 e. The van der Waals surface area contributed by atoms with Gasteiger partial charge in [-0.25, -0.2) is 4.39 Å². The largest absolute Gasteiger partial charge is 0.349 e. The van der Waals surface area contributed by atoms with Gasteiger partial charge in [0, 0.05) is 15.1 Å². The van der Waals surface area contributed by atoms with E-state index >= 15 is 0 Å². The average molecular weight is 357 g/mol. The Balaban J connectivity index is 2.01. The first-order valence-electron chi connectivity index (χ1n) is 6.01. The molecule has 1 amide bonds. The maximum atomic E-state index is 14.1. The molecule has 5 heteroatoms. The fourth-order valence-electron chi connectivity index (χ4n) is 1.76. The summed E-state index contributed by atoms with van der Waals surface area (Å²) in [5.41, 5.74) is 0.848. The molecule has 0 bridgehead atoms. The fourth-order valence-corrected chi connectivity index (χ4v) is 2.48. The lowest BCUT2D eigenvalue weighted by atomic mass is 10.1. The predicted octanol–water partition coefficient (Wildman–Crippen LogP) is 4.54. The van der Waals surface area contributed by atoms with Crippen molar-refractivity contribution in [1.29, 1.82) is 0 Å². The van der Waals surface area contributed by atoms with E-state index in [0.717, 1.165) is 0 Å². The number of halogens is 3. The van der Waals surface area contributed by atoms with Gasteiger partial charge in [0.15, 0.2) is 0 Å².